The lowest BCUT2D eigenvalue weighted by atomic mass is 9.96. The van der Waals surface area contributed by atoms with E-state index in [0.717, 1.165) is 0 Å². The molecule has 21 heavy (non-hydrogen) atoms. The Bertz CT molecular complexity index is 579. The first-order valence-corrected chi connectivity index (χ1v) is 6.35. The quantitative estimate of drug-likeness (QED) is 0.468. The lowest BCUT2D eigenvalue weighted by molar-refractivity contribution is -0.238. The SMILES string of the molecule is CC1(C)OC(=O)C(C(=O)Cc2ccc(C=O)cc2)C(=O)O1. The molecule has 0 atom stereocenters. The standard InChI is InChI=1S/C15H14O6/c1-15(2)20-13(18)12(14(19)21-15)11(17)7-9-3-5-10(8-16)6-4-9/h3-6,8,12H,7H2,1-2H3. The molecule has 1 fully saturated rings. The summed E-state index contributed by atoms with van der Waals surface area (Å²) in [6.07, 6.45) is 0.567. The number of carbonyl (C=O) groups is 4. The maximum Gasteiger partial charge on any atom is 0.331 e. The summed E-state index contributed by atoms with van der Waals surface area (Å²) in [5.74, 6) is -5.30. The van der Waals surface area contributed by atoms with E-state index in [9.17, 15) is 19.2 Å². The number of Topliss-reactive ketones (excluding diaryl/α,β-unsaturated/α-hetero) is 1. The van der Waals surface area contributed by atoms with Gasteiger partial charge in [0.2, 0.25) is 5.92 Å². The molecule has 0 bridgehead atoms. The van der Waals surface area contributed by atoms with Crippen LogP contribution in [0, 0.1) is 5.92 Å². The number of benzene rings is 1. The number of esters is 2. The third kappa shape index (κ3) is 3.34. The molecule has 0 radical (unpaired) electrons. The highest BCUT2D eigenvalue weighted by atomic mass is 16.7. The average Bonchev–Trinajstić information content (AvgIpc) is 2.37. The second-order valence-corrected chi connectivity index (χ2v) is 5.18. The fraction of sp³-hybridized carbons (Fsp3) is 0.333. The minimum absolute atomic E-state index is 0.117. The predicted molar refractivity (Wildman–Crippen MR) is 70.3 cm³/mol. The van der Waals surface area contributed by atoms with Gasteiger partial charge >= 0.3 is 11.9 Å². The summed E-state index contributed by atoms with van der Waals surface area (Å²) in [6.45, 7) is 2.84. The second-order valence-electron chi connectivity index (χ2n) is 5.18. The summed E-state index contributed by atoms with van der Waals surface area (Å²) in [5, 5.41) is 0. The Balaban J connectivity index is 2.10. The molecule has 0 spiro atoms. The van der Waals surface area contributed by atoms with Crippen molar-refractivity contribution in [2.45, 2.75) is 26.1 Å². The molecular formula is C15H14O6. The fourth-order valence-electron chi connectivity index (χ4n) is 2.00. The second kappa shape index (κ2) is 5.47. The molecule has 1 saturated heterocycles. The van der Waals surface area contributed by atoms with E-state index in [1.807, 2.05) is 0 Å². The van der Waals surface area contributed by atoms with Gasteiger partial charge in [-0.05, 0) is 5.56 Å². The number of carbonyl (C=O) groups excluding carboxylic acids is 4. The van der Waals surface area contributed by atoms with Gasteiger partial charge in [0, 0.05) is 25.8 Å². The van der Waals surface area contributed by atoms with E-state index < -0.39 is 29.4 Å². The van der Waals surface area contributed by atoms with E-state index in [0.29, 0.717) is 17.4 Å². The molecule has 0 saturated carbocycles. The van der Waals surface area contributed by atoms with Gasteiger partial charge in [-0.2, -0.15) is 0 Å². The summed E-state index contributed by atoms with van der Waals surface area (Å²) in [5.41, 5.74) is 1.07. The summed E-state index contributed by atoms with van der Waals surface area (Å²) < 4.78 is 9.81. The molecule has 0 unspecified atom stereocenters. The van der Waals surface area contributed by atoms with Gasteiger partial charge < -0.3 is 9.47 Å². The molecule has 0 N–H and O–H groups in total. The Kier molecular flexibility index (Phi) is 3.88. The van der Waals surface area contributed by atoms with Crippen LogP contribution in [0.5, 0.6) is 0 Å². The van der Waals surface area contributed by atoms with Crippen LogP contribution in [0.2, 0.25) is 0 Å². The minimum Gasteiger partial charge on any atom is -0.422 e. The van der Waals surface area contributed by atoms with Crippen LogP contribution in [0.25, 0.3) is 0 Å². The Labute approximate surface area is 121 Å². The van der Waals surface area contributed by atoms with Gasteiger partial charge in [-0.1, -0.05) is 24.3 Å². The first kappa shape index (κ1) is 14.9. The minimum atomic E-state index is -1.55. The summed E-state index contributed by atoms with van der Waals surface area (Å²) in [6, 6.07) is 6.28. The highest BCUT2D eigenvalue weighted by Crippen LogP contribution is 2.24. The molecule has 110 valence electrons. The van der Waals surface area contributed by atoms with Crippen molar-refractivity contribution in [3.05, 3.63) is 35.4 Å². The van der Waals surface area contributed by atoms with Crippen molar-refractivity contribution in [1.82, 2.24) is 0 Å². The molecule has 0 aliphatic carbocycles. The molecule has 6 heteroatoms. The molecular weight excluding hydrogens is 276 g/mol. The molecule has 0 amide bonds. The van der Waals surface area contributed by atoms with Crippen molar-refractivity contribution in [3.8, 4) is 0 Å². The van der Waals surface area contributed by atoms with Crippen LogP contribution in [0.4, 0.5) is 0 Å². The van der Waals surface area contributed by atoms with Crippen molar-refractivity contribution in [2.24, 2.45) is 5.92 Å². The normalized spacial score (nSPS) is 17.8. The van der Waals surface area contributed by atoms with Gasteiger partial charge in [0.15, 0.2) is 5.78 Å². The smallest absolute Gasteiger partial charge is 0.331 e. The van der Waals surface area contributed by atoms with Crippen LogP contribution in [-0.2, 0) is 30.3 Å². The van der Waals surface area contributed by atoms with E-state index in [2.05, 4.69) is 0 Å². The number of hydrogen-bond donors (Lipinski definition) is 0. The monoisotopic (exact) mass is 290 g/mol. The van der Waals surface area contributed by atoms with Gasteiger partial charge in [0.1, 0.15) is 6.29 Å². The average molecular weight is 290 g/mol. The highest BCUT2D eigenvalue weighted by molar-refractivity contribution is 6.16. The van der Waals surface area contributed by atoms with Crippen LogP contribution in [0.15, 0.2) is 24.3 Å². The number of cyclic esters (lactones) is 2. The molecule has 1 heterocycles. The Morgan fingerprint density at radius 1 is 1.14 bits per heavy atom. The van der Waals surface area contributed by atoms with E-state index in [1.54, 1.807) is 24.3 Å². The summed E-state index contributed by atoms with van der Waals surface area (Å²) in [7, 11) is 0. The molecule has 2 rings (SSSR count). The van der Waals surface area contributed by atoms with Gasteiger partial charge in [0.05, 0.1) is 0 Å². The lowest BCUT2D eigenvalue weighted by Gasteiger charge is -2.32. The van der Waals surface area contributed by atoms with Crippen molar-refractivity contribution in [1.29, 1.82) is 0 Å². The predicted octanol–water partition coefficient (Wildman–Crippen LogP) is 1.06. The zero-order valence-electron chi connectivity index (χ0n) is 11.6. The Morgan fingerprint density at radius 3 is 2.14 bits per heavy atom. The zero-order chi connectivity index (χ0) is 15.6. The third-order valence-electron chi connectivity index (χ3n) is 2.98. The molecule has 1 aromatic carbocycles. The van der Waals surface area contributed by atoms with Gasteiger partial charge in [-0.25, -0.2) is 0 Å². The van der Waals surface area contributed by atoms with Gasteiger partial charge in [-0.15, -0.1) is 0 Å². The van der Waals surface area contributed by atoms with Gasteiger partial charge in [-0.3, -0.25) is 19.2 Å². The first-order chi connectivity index (χ1) is 9.82. The zero-order valence-corrected chi connectivity index (χ0v) is 11.6. The number of rotatable bonds is 4. The van der Waals surface area contributed by atoms with E-state index in [4.69, 9.17) is 9.47 Å². The van der Waals surface area contributed by atoms with Crippen molar-refractivity contribution in [3.63, 3.8) is 0 Å². The van der Waals surface area contributed by atoms with Gasteiger partial charge in [0.25, 0.3) is 5.79 Å². The van der Waals surface area contributed by atoms with Crippen molar-refractivity contribution >= 4 is 24.0 Å². The first-order valence-electron chi connectivity index (χ1n) is 6.35. The lowest BCUT2D eigenvalue weighted by Crippen LogP contribution is -2.49. The third-order valence-corrected chi connectivity index (χ3v) is 2.98. The topological polar surface area (TPSA) is 86.7 Å². The largest absolute Gasteiger partial charge is 0.422 e. The number of ether oxygens (including phenoxy) is 2. The highest BCUT2D eigenvalue weighted by Gasteiger charge is 2.46. The number of ketones is 1. The molecule has 1 aromatic rings. The van der Waals surface area contributed by atoms with E-state index in [-0.39, 0.29) is 6.42 Å². The molecule has 0 aromatic heterocycles. The maximum absolute atomic E-state index is 12.1. The van der Waals surface area contributed by atoms with Crippen LogP contribution in [0.1, 0.15) is 29.8 Å². The van der Waals surface area contributed by atoms with Crippen LogP contribution in [-0.4, -0.2) is 29.8 Å². The fourth-order valence-corrected chi connectivity index (χ4v) is 2.00. The van der Waals surface area contributed by atoms with Crippen LogP contribution in [0.3, 0.4) is 0 Å². The Morgan fingerprint density at radius 2 is 1.67 bits per heavy atom. The summed E-state index contributed by atoms with van der Waals surface area (Å²) in [4.78, 5) is 46.2. The van der Waals surface area contributed by atoms with Crippen LogP contribution < -0.4 is 0 Å². The van der Waals surface area contributed by atoms with Crippen molar-refractivity contribution in [2.75, 3.05) is 0 Å². The molecule has 1 aliphatic rings. The maximum atomic E-state index is 12.1. The number of hydrogen-bond acceptors (Lipinski definition) is 6. The molecule has 1 aliphatic heterocycles. The van der Waals surface area contributed by atoms with E-state index in [1.165, 1.54) is 13.8 Å². The Hall–Kier alpha value is -2.50. The molecule has 6 nitrogen and oxygen atoms in total. The summed E-state index contributed by atoms with van der Waals surface area (Å²) >= 11 is 0. The number of aldehydes is 1. The van der Waals surface area contributed by atoms with Crippen LogP contribution >= 0.6 is 0 Å². The van der Waals surface area contributed by atoms with E-state index >= 15 is 0 Å². The van der Waals surface area contributed by atoms with Crippen molar-refractivity contribution < 1.29 is 28.7 Å².